The lowest BCUT2D eigenvalue weighted by atomic mass is 9.94. The van der Waals surface area contributed by atoms with Crippen LogP contribution in [0.15, 0.2) is 72.8 Å². The molecule has 4 rings (SSSR count). The summed E-state index contributed by atoms with van der Waals surface area (Å²) in [6.07, 6.45) is 6.76. The number of carbonyl (C=O) groups excluding carboxylic acids is 2. The normalized spacial score (nSPS) is 14.5. The summed E-state index contributed by atoms with van der Waals surface area (Å²) in [6.45, 7) is 0.159. The van der Waals surface area contributed by atoms with Crippen LogP contribution in [0.5, 0.6) is 0 Å². The molecular formula is C33H38Cl3N3O4S. The molecule has 236 valence electrons. The van der Waals surface area contributed by atoms with E-state index in [1.165, 1.54) is 4.31 Å². The summed E-state index contributed by atoms with van der Waals surface area (Å²) in [6, 6.07) is 20.5. The first-order valence-electron chi connectivity index (χ1n) is 14.8. The maximum Gasteiger partial charge on any atom is 0.243 e. The fraction of sp³-hybridized carbons (Fsp3) is 0.394. The number of halogens is 3. The second-order valence-electron chi connectivity index (χ2n) is 11.2. The largest absolute Gasteiger partial charge is 0.352 e. The first-order valence-corrected chi connectivity index (χ1v) is 17.8. The highest BCUT2D eigenvalue weighted by Gasteiger charge is 2.32. The molecule has 0 bridgehead atoms. The van der Waals surface area contributed by atoms with Crippen molar-refractivity contribution in [2.24, 2.45) is 0 Å². The molecule has 2 amide bonds. The summed E-state index contributed by atoms with van der Waals surface area (Å²) in [5.41, 5.74) is 2.00. The second-order valence-corrected chi connectivity index (χ2v) is 14.4. The molecule has 1 unspecified atom stereocenters. The zero-order valence-corrected chi connectivity index (χ0v) is 27.8. The van der Waals surface area contributed by atoms with Crippen molar-refractivity contribution in [3.8, 4) is 0 Å². The lowest BCUT2D eigenvalue weighted by Crippen LogP contribution is -2.53. The van der Waals surface area contributed by atoms with Crippen molar-refractivity contribution in [1.82, 2.24) is 10.2 Å². The molecule has 1 atom stereocenters. The molecule has 1 saturated carbocycles. The Bertz CT molecular complexity index is 1530. The predicted octanol–water partition coefficient (Wildman–Crippen LogP) is 7.28. The summed E-state index contributed by atoms with van der Waals surface area (Å²) in [5, 5.41) is 4.49. The monoisotopic (exact) mass is 677 g/mol. The molecule has 0 aliphatic heterocycles. The van der Waals surface area contributed by atoms with Crippen LogP contribution in [0, 0.1) is 0 Å². The third kappa shape index (κ3) is 9.86. The van der Waals surface area contributed by atoms with Gasteiger partial charge in [0, 0.05) is 47.0 Å². The number of carbonyl (C=O) groups is 2. The average Bonchev–Trinajstić information content (AvgIpc) is 2.98. The molecule has 44 heavy (non-hydrogen) atoms. The summed E-state index contributed by atoms with van der Waals surface area (Å²) < 4.78 is 26.6. The van der Waals surface area contributed by atoms with Crippen molar-refractivity contribution < 1.29 is 18.0 Å². The van der Waals surface area contributed by atoms with Gasteiger partial charge in [-0.15, -0.1) is 0 Å². The Kier molecular flexibility index (Phi) is 12.4. The number of hydrogen-bond acceptors (Lipinski definition) is 4. The van der Waals surface area contributed by atoms with E-state index < -0.39 is 16.1 Å². The van der Waals surface area contributed by atoms with Crippen molar-refractivity contribution in [3.63, 3.8) is 0 Å². The van der Waals surface area contributed by atoms with Crippen LogP contribution in [0.3, 0.4) is 0 Å². The molecular weight excluding hydrogens is 641 g/mol. The molecule has 3 aromatic rings. The number of benzene rings is 3. The maximum absolute atomic E-state index is 14.1. The average molecular weight is 679 g/mol. The van der Waals surface area contributed by atoms with Gasteiger partial charge >= 0.3 is 0 Å². The molecule has 0 radical (unpaired) electrons. The van der Waals surface area contributed by atoms with Gasteiger partial charge in [-0.05, 0) is 60.7 Å². The molecule has 1 N–H and O–H groups in total. The lowest BCUT2D eigenvalue weighted by molar-refractivity contribution is -0.141. The van der Waals surface area contributed by atoms with Gasteiger partial charge in [0.2, 0.25) is 21.8 Å². The quantitative estimate of drug-likeness (QED) is 0.206. The Labute approximate surface area is 275 Å². The van der Waals surface area contributed by atoms with Gasteiger partial charge in [0.05, 0.1) is 11.9 Å². The number of nitrogens with zero attached hydrogens (tertiary/aromatic N) is 2. The van der Waals surface area contributed by atoms with Gasteiger partial charge in [0.25, 0.3) is 0 Å². The molecule has 0 heterocycles. The topological polar surface area (TPSA) is 86.8 Å². The van der Waals surface area contributed by atoms with E-state index >= 15 is 0 Å². The number of amides is 2. The van der Waals surface area contributed by atoms with Gasteiger partial charge < -0.3 is 10.2 Å². The van der Waals surface area contributed by atoms with Crippen molar-refractivity contribution >= 4 is 62.3 Å². The Morgan fingerprint density at radius 2 is 1.61 bits per heavy atom. The van der Waals surface area contributed by atoms with E-state index in [-0.39, 0.29) is 43.8 Å². The molecule has 0 spiro atoms. The Morgan fingerprint density at radius 3 is 2.27 bits per heavy atom. The third-order valence-corrected chi connectivity index (χ3v) is 9.84. The summed E-state index contributed by atoms with van der Waals surface area (Å²) in [7, 11) is -3.64. The van der Waals surface area contributed by atoms with E-state index in [1.54, 1.807) is 47.4 Å². The fourth-order valence-corrected chi connectivity index (χ4v) is 7.18. The van der Waals surface area contributed by atoms with Crippen LogP contribution < -0.4 is 9.62 Å². The molecule has 11 heteroatoms. The van der Waals surface area contributed by atoms with Crippen molar-refractivity contribution in [2.75, 3.05) is 17.1 Å². The molecule has 1 fully saturated rings. The van der Waals surface area contributed by atoms with Crippen LogP contribution >= 0.6 is 34.8 Å². The van der Waals surface area contributed by atoms with Crippen molar-refractivity contribution in [1.29, 1.82) is 0 Å². The highest BCUT2D eigenvalue weighted by atomic mass is 35.5. The fourth-order valence-electron chi connectivity index (χ4n) is 5.57. The van der Waals surface area contributed by atoms with Gasteiger partial charge in [0.1, 0.15) is 6.04 Å². The van der Waals surface area contributed by atoms with E-state index in [0.29, 0.717) is 32.7 Å². The standard InChI is InChI=1S/C33H38Cl3N3O4S/c1-44(42,43)39(29-15-8-12-26(34)21-29)19-9-16-32(40)38(23-25-17-18-27(35)22-30(25)36)31(20-24-10-4-2-5-11-24)33(41)37-28-13-6-3-7-14-28/h2,4-5,8,10-12,15,17-18,21-22,28,31H,3,6-7,9,13-14,16,19-20,23H2,1H3,(H,37,41). The molecule has 3 aromatic carbocycles. The van der Waals surface area contributed by atoms with Gasteiger partial charge in [-0.1, -0.05) is 96.5 Å². The number of hydrogen-bond donors (Lipinski definition) is 1. The Morgan fingerprint density at radius 1 is 0.909 bits per heavy atom. The molecule has 0 saturated heterocycles. The third-order valence-electron chi connectivity index (χ3n) is 7.83. The first kappa shape index (κ1) is 34.1. The van der Waals surface area contributed by atoms with Crippen molar-refractivity contribution in [2.45, 2.75) is 70.0 Å². The molecule has 1 aliphatic carbocycles. The highest BCUT2D eigenvalue weighted by molar-refractivity contribution is 7.92. The van der Waals surface area contributed by atoms with Crippen LogP contribution in [-0.2, 0) is 32.6 Å². The Balaban J connectivity index is 1.61. The smallest absolute Gasteiger partial charge is 0.243 e. The van der Waals surface area contributed by atoms with Gasteiger partial charge in [-0.2, -0.15) is 0 Å². The number of nitrogens with one attached hydrogen (secondary N) is 1. The van der Waals surface area contributed by atoms with Gasteiger partial charge in [-0.25, -0.2) is 8.42 Å². The highest BCUT2D eigenvalue weighted by Crippen LogP contribution is 2.26. The minimum Gasteiger partial charge on any atom is -0.352 e. The Hall–Kier alpha value is -2.78. The van der Waals surface area contributed by atoms with E-state index in [2.05, 4.69) is 5.32 Å². The molecule has 7 nitrogen and oxygen atoms in total. The second kappa shape index (κ2) is 16.0. The number of rotatable bonds is 13. The number of sulfonamides is 1. The van der Waals surface area contributed by atoms with Crippen LogP contribution in [0.2, 0.25) is 15.1 Å². The van der Waals surface area contributed by atoms with Crippen LogP contribution in [-0.4, -0.2) is 50.0 Å². The molecule has 0 aromatic heterocycles. The minimum atomic E-state index is -3.64. The predicted molar refractivity (Wildman–Crippen MR) is 179 cm³/mol. The van der Waals surface area contributed by atoms with E-state index in [4.69, 9.17) is 34.8 Å². The maximum atomic E-state index is 14.1. The van der Waals surface area contributed by atoms with Gasteiger partial charge in [0.15, 0.2) is 0 Å². The summed E-state index contributed by atoms with van der Waals surface area (Å²) >= 11 is 18.8. The lowest BCUT2D eigenvalue weighted by Gasteiger charge is -2.34. The van der Waals surface area contributed by atoms with Crippen molar-refractivity contribution in [3.05, 3.63) is 99.0 Å². The first-order chi connectivity index (χ1) is 21.0. The van der Waals surface area contributed by atoms with Gasteiger partial charge in [-0.3, -0.25) is 13.9 Å². The van der Waals surface area contributed by atoms with Crippen LogP contribution in [0.1, 0.15) is 56.1 Å². The van der Waals surface area contributed by atoms with E-state index in [0.717, 1.165) is 43.9 Å². The zero-order chi connectivity index (χ0) is 31.7. The SMILES string of the molecule is CS(=O)(=O)N(CCCC(=O)N(Cc1ccc(Cl)cc1Cl)C(Cc1ccccc1)C(=O)NC1CCCCC1)c1cccc(Cl)c1. The summed E-state index contributed by atoms with van der Waals surface area (Å²) in [5.74, 6) is -0.494. The molecule has 1 aliphatic rings. The number of anilines is 1. The van der Waals surface area contributed by atoms with Crippen LogP contribution in [0.4, 0.5) is 5.69 Å². The van der Waals surface area contributed by atoms with E-state index in [1.807, 2.05) is 30.3 Å². The van der Waals surface area contributed by atoms with E-state index in [9.17, 15) is 18.0 Å². The minimum absolute atomic E-state index is 0.0137. The van der Waals surface area contributed by atoms with Crippen LogP contribution in [0.25, 0.3) is 0 Å². The zero-order valence-electron chi connectivity index (χ0n) is 24.7. The summed E-state index contributed by atoms with van der Waals surface area (Å²) in [4.78, 5) is 29.6.